The summed E-state index contributed by atoms with van der Waals surface area (Å²) in [6, 6.07) is 28.3. The quantitative estimate of drug-likeness (QED) is 0.514. The first kappa shape index (κ1) is 19.3. The molecule has 0 amide bonds. The van der Waals surface area contributed by atoms with Crippen LogP contribution in [-0.2, 0) is 20.3 Å². The van der Waals surface area contributed by atoms with Crippen molar-refractivity contribution in [3.05, 3.63) is 96.6 Å². The molecule has 0 aliphatic rings. The first-order valence-electron chi connectivity index (χ1n) is 9.10. The van der Waals surface area contributed by atoms with Crippen LogP contribution in [0.4, 0.5) is 0 Å². The summed E-state index contributed by atoms with van der Waals surface area (Å²) in [6.07, 6.45) is 2.02. The molecular formula is C23H23O3P. The molecule has 0 radical (unpaired) electrons. The molecule has 0 aliphatic carbocycles. The van der Waals surface area contributed by atoms with Crippen molar-refractivity contribution in [3.8, 4) is 0 Å². The second-order valence-electron chi connectivity index (χ2n) is 6.37. The lowest BCUT2D eigenvalue weighted by Crippen LogP contribution is -2.20. The smallest absolute Gasteiger partial charge is 0.261 e. The van der Waals surface area contributed by atoms with Crippen molar-refractivity contribution in [1.82, 2.24) is 0 Å². The van der Waals surface area contributed by atoms with Crippen molar-refractivity contribution in [2.45, 2.75) is 19.3 Å². The fraction of sp³-hybridized carbons (Fsp3) is 0.174. The summed E-state index contributed by atoms with van der Waals surface area (Å²) in [7, 11) is -3.29. The maximum absolute atomic E-state index is 13.6. The van der Waals surface area contributed by atoms with Crippen molar-refractivity contribution < 1.29 is 13.9 Å². The number of aryl methyl sites for hydroxylation is 1. The predicted octanol–water partition coefficient (Wildman–Crippen LogP) is 4.52. The molecule has 3 nitrogen and oxygen atoms in total. The number of Topliss-reactive ketones (excluding diaryl/α,β-unsaturated/α-hetero) is 1. The van der Waals surface area contributed by atoms with E-state index < -0.39 is 7.37 Å². The van der Waals surface area contributed by atoms with Crippen LogP contribution in [-0.4, -0.2) is 12.4 Å². The molecule has 0 fully saturated rings. The Bertz CT molecular complexity index is 849. The van der Waals surface area contributed by atoms with E-state index in [1.165, 1.54) is 5.56 Å². The zero-order valence-corrected chi connectivity index (χ0v) is 16.1. The van der Waals surface area contributed by atoms with E-state index in [0.29, 0.717) is 17.0 Å². The fourth-order valence-corrected chi connectivity index (χ4v) is 4.97. The minimum absolute atomic E-state index is 0.0296. The third-order valence-corrected chi connectivity index (χ3v) is 6.81. The van der Waals surface area contributed by atoms with E-state index in [1.54, 1.807) is 24.3 Å². The van der Waals surface area contributed by atoms with Gasteiger partial charge in [-0.05, 0) is 42.7 Å². The summed E-state index contributed by atoms with van der Waals surface area (Å²) in [4.78, 5) is 12.3. The molecule has 3 aromatic rings. The number of carbonyl (C=O) groups excluding carboxylic acids is 1. The molecule has 0 aromatic heterocycles. The Labute approximate surface area is 160 Å². The average molecular weight is 378 g/mol. The number of rotatable bonds is 9. The maximum atomic E-state index is 13.6. The van der Waals surface area contributed by atoms with E-state index >= 15 is 0 Å². The highest BCUT2D eigenvalue weighted by atomic mass is 31.2. The molecule has 3 rings (SSSR count). The van der Waals surface area contributed by atoms with Gasteiger partial charge in [-0.2, -0.15) is 0 Å². The molecule has 0 atom stereocenters. The van der Waals surface area contributed by atoms with E-state index in [0.717, 1.165) is 12.8 Å². The monoisotopic (exact) mass is 378 g/mol. The SMILES string of the molecule is O=C(CCCc1ccccc1)COP(=O)(c1ccccc1)c1ccccc1. The maximum Gasteiger partial charge on any atom is 0.261 e. The van der Waals surface area contributed by atoms with Crippen LogP contribution in [0.25, 0.3) is 0 Å². The Morgan fingerprint density at radius 1 is 0.741 bits per heavy atom. The lowest BCUT2D eigenvalue weighted by Gasteiger charge is -2.19. The van der Waals surface area contributed by atoms with Gasteiger partial charge in [0.05, 0.1) is 0 Å². The molecule has 0 spiro atoms. The van der Waals surface area contributed by atoms with E-state index in [4.69, 9.17) is 4.52 Å². The second-order valence-corrected chi connectivity index (χ2v) is 8.77. The van der Waals surface area contributed by atoms with Crippen molar-refractivity contribution in [3.63, 3.8) is 0 Å². The number of hydrogen-bond acceptors (Lipinski definition) is 3. The Kier molecular flexibility index (Phi) is 6.75. The molecule has 3 aromatic carbocycles. The van der Waals surface area contributed by atoms with Crippen molar-refractivity contribution in [2.75, 3.05) is 6.61 Å². The van der Waals surface area contributed by atoms with Gasteiger partial charge in [-0.3, -0.25) is 9.36 Å². The number of carbonyl (C=O) groups is 1. The van der Waals surface area contributed by atoms with Gasteiger partial charge >= 0.3 is 0 Å². The highest BCUT2D eigenvalue weighted by molar-refractivity contribution is 7.74. The lowest BCUT2D eigenvalue weighted by molar-refractivity contribution is -0.121. The summed E-state index contributed by atoms with van der Waals surface area (Å²) in [5.41, 5.74) is 1.21. The second kappa shape index (κ2) is 9.45. The van der Waals surface area contributed by atoms with Crippen LogP contribution in [0.1, 0.15) is 18.4 Å². The number of ketones is 1. The molecule has 0 saturated carbocycles. The summed E-state index contributed by atoms with van der Waals surface area (Å²) >= 11 is 0. The van der Waals surface area contributed by atoms with Gasteiger partial charge in [0.15, 0.2) is 5.78 Å². The van der Waals surface area contributed by atoms with Gasteiger partial charge in [0, 0.05) is 17.0 Å². The van der Waals surface area contributed by atoms with Crippen LogP contribution in [0.5, 0.6) is 0 Å². The van der Waals surface area contributed by atoms with Crippen molar-refractivity contribution in [2.24, 2.45) is 0 Å². The van der Waals surface area contributed by atoms with Gasteiger partial charge in [0.2, 0.25) is 0 Å². The van der Waals surface area contributed by atoms with Gasteiger partial charge in [-0.25, -0.2) is 0 Å². The van der Waals surface area contributed by atoms with Crippen LogP contribution in [0.3, 0.4) is 0 Å². The third-order valence-electron chi connectivity index (χ3n) is 4.36. The molecule has 0 saturated heterocycles. The first-order valence-corrected chi connectivity index (χ1v) is 10.7. The molecule has 27 heavy (non-hydrogen) atoms. The molecule has 0 bridgehead atoms. The van der Waals surface area contributed by atoms with Gasteiger partial charge in [0.1, 0.15) is 6.61 Å². The Balaban J connectivity index is 1.63. The van der Waals surface area contributed by atoms with Crippen molar-refractivity contribution >= 4 is 23.8 Å². The average Bonchev–Trinajstić information content (AvgIpc) is 2.74. The Hall–Kier alpha value is -2.48. The molecule has 0 unspecified atom stereocenters. The minimum atomic E-state index is -3.29. The Morgan fingerprint density at radius 3 is 1.74 bits per heavy atom. The Morgan fingerprint density at radius 2 is 1.22 bits per heavy atom. The summed E-state index contributed by atoms with van der Waals surface area (Å²) in [5, 5.41) is 1.21. The fourth-order valence-electron chi connectivity index (χ4n) is 2.92. The van der Waals surface area contributed by atoms with E-state index in [9.17, 15) is 9.36 Å². The van der Waals surface area contributed by atoms with Crippen molar-refractivity contribution in [1.29, 1.82) is 0 Å². The van der Waals surface area contributed by atoms with Crippen LogP contribution in [0.15, 0.2) is 91.0 Å². The third kappa shape index (κ3) is 5.26. The molecular weight excluding hydrogens is 355 g/mol. The standard InChI is InChI=1S/C23H23O3P/c24-21(14-10-13-20-11-4-1-5-12-20)19-26-27(25,22-15-6-2-7-16-22)23-17-8-3-9-18-23/h1-9,11-12,15-18H,10,13-14,19H2. The lowest BCUT2D eigenvalue weighted by atomic mass is 10.1. The van der Waals surface area contributed by atoms with Gasteiger partial charge in [-0.15, -0.1) is 0 Å². The molecule has 0 heterocycles. The highest BCUT2D eigenvalue weighted by Gasteiger charge is 2.29. The largest absolute Gasteiger partial charge is 0.314 e. The summed E-state index contributed by atoms with van der Waals surface area (Å²) in [6.45, 7) is -0.143. The number of hydrogen-bond donors (Lipinski definition) is 0. The minimum Gasteiger partial charge on any atom is -0.314 e. The normalized spacial score (nSPS) is 11.3. The van der Waals surface area contributed by atoms with Gasteiger partial charge in [-0.1, -0.05) is 66.7 Å². The highest BCUT2D eigenvalue weighted by Crippen LogP contribution is 2.44. The van der Waals surface area contributed by atoms with Crippen LogP contribution >= 0.6 is 7.37 Å². The first-order chi connectivity index (χ1) is 13.2. The molecule has 138 valence electrons. The topological polar surface area (TPSA) is 43.4 Å². The van der Waals surface area contributed by atoms with E-state index in [1.807, 2.05) is 54.6 Å². The molecule has 0 N–H and O–H groups in total. The van der Waals surface area contributed by atoms with Crippen LogP contribution in [0.2, 0.25) is 0 Å². The molecule has 0 aliphatic heterocycles. The van der Waals surface area contributed by atoms with Gasteiger partial charge < -0.3 is 4.52 Å². The van der Waals surface area contributed by atoms with Crippen LogP contribution < -0.4 is 10.6 Å². The summed E-state index contributed by atoms with van der Waals surface area (Å²) < 4.78 is 19.4. The molecule has 4 heteroatoms. The van der Waals surface area contributed by atoms with Gasteiger partial charge in [0.25, 0.3) is 7.37 Å². The van der Waals surface area contributed by atoms with E-state index in [-0.39, 0.29) is 12.4 Å². The zero-order chi connectivity index (χ0) is 19.0. The number of benzene rings is 3. The zero-order valence-electron chi connectivity index (χ0n) is 15.2. The van der Waals surface area contributed by atoms with E-state index in [2.05, 4.69) is 12.1 Å². The van der Waals surface area contributed by atoms with Crippen LogP contribution in [0, 0.1) is 0 Å². The summed E-state index contributed by atoms with van der Waals surface area (Å²) in [5.74, 6) is -0.0296. The predicted molar refractivity (Wildman–Crippen MR) is 110 cm³/mol.